The van der Waals surface area contributed by atoms with Gasteiger partial charge in [0.1, 0.15) is 13.2 Å². The lowest BCUT2D eigenvalue weighted by atomic mass is 9.94. The first kappa shape index (κ1) is 21.3. The molecule has 0 radical (unpaired) electrons. The van der Waals surface area contributed by atoms with Crippen LogP contribution < -0.4 is 14.8 Å². The third kappa shape index (κ3) is 5.02. The highest BCUT2D eigenvalue weighted by atomic mass is 35.5. The van der Waals surface area contributed by atoms with E-state index in [0.29, 0.717) is 23.3 Å². The number of carbonyl (C=O) groups is 1. The van der Waals surface area contributed by atoms with Gasteiger partial charge in [0.2, 0.25) is 5.91 Å². The number of piperidine rings is 1. The Labute approximate surface area is 187 Å². The van der Waals surface area contributed by atoms with E-state index >= 15 is 0 Å². The predicted octanol–water partition coefficient (Wildman–Crippen LogP) is 4.85. The van der Waals surface area contributed by atoms with Crippen molar-refractivity contribution in [2.24, 2.45) is 5.92 Å². The third-order valence-corrected chi connectivity index (χ3v) is 6.38. The van der Waals surface area contributed by atoms with Gasteiger partial charge in [-0.25, -0.2) is 0 Å². The van der Waals surface area contributed by atoms with Gasteiger partial charge in [-0.1, -0.05) is 35.3 Å². The molecule has 2 aromatic carbocycles. The number of carbonyl (C=O) groups excluding carboxylic acids is 1. The SMILES string of the molecule is C[C@H](NC(=O)C1CCN(Cc2ccc(Cl)cc2Cl)CC1)c1ccc2c(c1)OCCO2. The van der Waals surface area contributed by atoms with Crippen LogP contribution in [0.15, 0.2) is 36.4 Å². The van der Waals surface area contributed by atoms with E-state index in [2.05, 4.69) is 10.2 Å². The zero-order valence-corrected chi connectivity index (χ0v) is 18.5. The quantitative estimate of drug-likeness (QED) is 0.709. The first-order chi connectivity index (χ1) is 14.5. The molecule has 4 rings (SSSR count). The molecular weight excluding hydrogens is 423 g/mol. The molecule has 0 unspecified atom stereocenters. The largest absolute Gasteiger partial charge is 0.486 e. The highest BCUT2D eigenvalue weighted by Crippen LogP contribution is 2.33. The molecule has 1 amide bonds. The molecule has 160 valence electrons. The van der Waals surface area contributed by atoms with E-state index in [1.54, 1.807) is 6.07 Å². The summed E-state index contributed by atoms with van der Waals surface area (Å²) in [5, 5.41) is 4.50. The van der Waals surface area contributed by atoms with Gasteiger partial charge < -0.3 is 14.8 Å². The summed E-state index contributed by atoms with van der Waals surface area (Å²) in [6.07, 6.45) is 1.68. The van der Waals surface area contributed by atoms with Crippen LogP contribution in [0.5, 0.6) is 11.5 Å². The maximum Gasteiger partial charge on any atom is 0.223 e. The lowest BCUT2D eigenvalue weighted by Gasteiger charge is -2.32. The fourth-order valence-corrected chi connectivity index (χ4v) is 4.46. The number of nitrogens with zero attached hydrogens (tertiary/aromatic N) is 1. The van der Waals surface area contributed by atoms with Gasteiger partial charge >= 0.3 is 0 Å². The summed E-state index contributed by atoms with van der Waals surface area (Å²) < 4.78 is 11.2. The molecule has 2 aliphatic rings. The van der Waals surface area contributed by atoms with Crippen molar-refractivity contribution in [3.8, 4) is 11.5 Å². The Morgan fingerprint density at radius 1 is 1.10 bits per heavy atom. The van der Waals surface area contributed by atoms with E-state index in [-0.39, 0.29) is 17.9 Å². The molecule has 1 atom stereocenters. The van der Waals surface area contributed by atoms with Gasteiger partial charge in [0.15, 0.2) is 11.5 Å². The van der Waals surface area contributed by atoms with E-state index in [1.807, 2.05) is 37.3 Å². The summed E-state index contributed by atoms with van der Waals surface area (Å²) in [6, 6.07) is 11.4. The van der Waals surface area contributed by atoms with Gasteiger partial charge in [0.25, 0.3) is 0 Å². The summed E-state index contributed by atoms with van der Waals surface area (Å²) >= 11 is 12.3. The van der Waals surface area contributed by atoms with Crippen LogP contribution in [0.1, 0.15) is 36.9 Å². The number of fused-ring (bicyclic) bond motifs is 1. The second-order valence-electron chi connectivity index (χ2n) is 7.92. The van der Waals surface area contributed by atoms with Crippen molar-refractivity contribution < 1.29 is 14.3 Å². The average molecular weight is 449 g/mol. The maximum absolute atomic E-state index is 12.8. The predicted molar refractivity (Wildman–Crippen MR) is 118 cm³/mol. The van der Waals surface area contributed by atoms with E-state index in [0.717, 1.165) is 55.1 Å². The minimum absolute atomic E-state index is 0.0293. The van der Waals surface area contributed by atoms with Crippen molar-refractivity contribution in [1.82, 2.24) is 10.2 Å². The van der Waals surface area contributed by atoms with Gasteiger partial charge in [-0.15, -0.1) is 0 Å². The summed E-state index contributed by atoms with van der Waals surface area (Å²) in [6.45, 7) is 5.64. The topological polar surface area (TPSA) is 50.8 Å². The van der Waals surface area contributed by atoms with Crippen LogP contribution in [0.4, 0.5) is 0 Å². The number of nitrogens with one attached hydrogen (secondary N) is 1. The minimum atomic E-state index is -0.0840. The number of halogens is 2. The molecule has 1 fully saturated rings. The maximum atomic E-state index is 12.8. The zero-order valence-electron chi connectivity index (χ0n) is 17.0. The fraction of sp³-hybridized carbons (Fsp3) is 0.435. The highest BCUT2D eigenvalue weighted by molar-refractivity contribution is 6.35. The number of ether oxygens (including phenoxy) is 2. The third-order valence-electron chi connectivity index (χ3n) is 5.79. The van der Waals surface area contributed by atoms with Crippen LogP contribution in [0.3, 0.4) is 0 Å². The summed E-state index contributed by atoms with van der Waals surface area (Å²) in [5.74, 6) is 1.65. The van der Waals surface area contributed by atoms with E-state index in [4.69, 9.17) is 32.7 Å². The second kappa shape index (κ2) is 9.46. The van der Waals surface area contributed by atoms with Crippen LogP contribution in [-0.2, 0) is 11.3 Å². The van der Waals surface area contributed by atoms with Gasteiger partial charge in [0.05, 0.1) is 6.04 Å². The molecule has 0 saturated carbocycles. The molecule has 1 saturated heterocycles. The highest BCUT2D eigenvalue weighted by Gasteiger charge is 2.26. The monoisotopic (exact) mass is 448 g/mol. The van der Waals surface area contributed by atoms with Crippen molar-refractivity contribution in [2.75, 3.05) is 26.3 Å². The smallest absolute Gasteiger partial charge is 0.223 e. The molecule has 0 spiro atoms. The van der Waals surface area contributed by atoms with Crippen molar-refractivity contribution in [2.45, 2.75) is 32.4 Å². The average Bonchev–Trinajstić information content (AvgIpc) is 2.75. The lowest BCUT2D eigenvalue weighted by Crippen LogP contribution is -2.40. The van der Waals surface area contributed by atoms with Gasteiger partial charge in [-0.3, -0.25) is 9.69 Å². The number of benzene rings is 2. The molecule has 0 aromatic heterocycles. The number of hydrogen-bond donors (Lipinski definition) is 1. The first-order valence-corrected chi connectivity index (χ1v) is 11.1. The van der Waals surface area contributed by atoms with Crippen molar-refractivity contribution in [3.05, 3.63) is 57.6 Å². The Morgan fingerprint density at radius 3 is 2.57 bits per heavy atom. The Hall–Kier alpha value is -1.95. The normalized spacial score (nSPS) is 18.1. The Balaban J connectivity index is 1.29. The number of rotatable bonds is 5. The fourth-order valence-electron chi connectivity index (χ4n) is 3.99. The van der Waals surface area contributed by atoms with E-state index in [9.17, 15) is 4.79 Å². The van der Waals surface area contributed by atoms with Crippen molar-refractivity contribution in [3.63, 3.8) is 0 Å². The molecule has 7 heteroatoms. The van der Waals surface area contributed by atoms with E-state index < -0.39 is 0 Å². The molecular formula is C23H26Cl2N2O3. The molecule has 2 aliphatic heterocycles. The molecule has 0 aliphatic carbocycles. The summed E-state index contributed by atoms with van der Waals surface area (Å²) in [7, 11) is 0. The first-order valence-electron chi connectivity index (χ1n) is 10.4. The Bertz CT molecular complexity index is 913. The van der Waals surface area contributed by atoms with Gasteiger partial charge in [0, 0.05) is 22.5 Å². The molecule has 1 N–H and O–H groups in total. The van der Waals surface area contributed by atoms with Crippen molar-refractivity contribution in [1.29, 1.82) is 0 Å². The van der Waals surface area contributed by atoms with Crippen LogP contribution in [0.2, 0.25) is 10.0 Å². The Kier molecular flexibility index (Phi) is 6.71. The number of hydrogen-bond acceptors (Lipinski definition) is 4. The van der Waals surface area contributed by atoms with Gasteiger partial charge in [-0.2, -0.15) is 0 Å². The molecule has 5 nitrogen and oxygen atoms in total. The van der Waals surface area contributed by atoms with Gasteiger partial charge in [-0.05, 0) is 68.2 Å². The minimum Gasteiger partial charge on any atom is -0.486 e. The summed E-state index contributed by atoms with van der Waals surface area (Å²) in [5.41, 5.74) is 2.08. The van der Waals surface area contributed by atoms with Crippen LogP contribution in [-0.4, -0.2) is 37.1 Å². The number of likely N-dealkylation sites (tertiary alicyclic amines) is 1. The van der Waals surface area contributed by atoms with Crippen LogP contribution in [0, 0.1) is 5.92 Å². The summed E-state index contributed by atoms with van der Waals surface area (Å²) in [4.78, 5) is 15.1. The van der Waals surface area contributed by atoms with Crippen LogP contribution >= 0.6 is 23.2 Å². The Morgan fingerprint density at radius 2 is 1.83 bits per heavy atom. The lowest BCUT2D eigenvalue weighted by molar-refractivity contribution is -0.127. The van der Waals surface area contributed by atoms with Crippen molar-refractivity contribution >= 4 is 29.1 Å². The number of amides is 1. The molecule has 0 bridgehead atoms. The molecule has 2 heterocycles. The van der Waals surface area contributed by atoms with Crippen LogP contribution in [0.25, 0.3) is 0 Å². The molecule has 2 aromatic rings. The molecule has 30 heavy (non-hydrogen) atoms. The second-order valence-corrected chi connectivity index (χ2v) is 8.76. The zero-order chi connectivity index (χ0) is 21.1. The van der Waals surface area contributed by atoms with E-state index in [1.165, 1.54) is 0 Å². The standard InChI is InChI=1S/C23H26Cl2N2O3/c1-15(17-3-5-21-22(12-17)30-11-10-29-21)26-23(28)16-6-8-27(9-7-16)14-18-2-4-19(24)13-20(18)25/h2-5,12-13,15-16H,6-11,14H2,1H3,(H,26,28)/t15-/m0/s1.